The monoisotopic (exact) mass is 317 g/mol. The second kappa shape index (κ2) is 6.48. The van der Waals surface area contributed by atoms with Crippen molar-refractivity contribution >= 4 is 5.91 Å². The number of hydrogen-bond donors (Lipinski definition) is 0. The Kier molecular flexibility index (Phi) is 4.41. The summed E-state index contributed by atoms with van der Waals surface area (Å²) in [5.41, 5.74) is 0.691. The number of amides is 1. The van der Waals surface area contributed by atoms with Gasteiger partial charge >= 0.3 is 0 Å². The molecule has 1 aliphatic heterocycles. The minimum absolute atomic E-state index is 0.00814. The van der Waals surface area contributed by atoms with Crippen molar-refractivity contribution in [3.05, 3.63) is 36.0 Å². The largest absolute Gasteiger partial charge is 0.420 e. The first-order chi connectivity index (χ1) is 11.0. The Morgan fingerprint density at radius 2 is 2.04 bits per heavy atom. The zero-order valence-electron chi connectivity index (χ0n) is 13.3. The van der Waals surface area contributed by atoms with Crippen molar-refractivity contribution < 1.29 is 13.6 Å². The van der Waals surface area contributed by atoms with Crippen LogP contribution in [-0.2, 0) is 4.79 Å². The molecule has 1 aliphatic rings. The molecule has 1 aromatic heterocycles. The molecule has 3 rings (SSSR count). The third-order valence-corrected chi connectivity index (χ3v) is 4.11. The van der Waals surface area contributed by atoms with E-state index in [1.165, 1.54) is 12.1 Å². The number of benzene rings is 1. The molecule has 0 bridgehead atoms. The molecule has 23 heavy (non-hydrogen) atoms. The van der Waals surface area contributed by atoms with Gasteiger partial charge in [0.1, 0.15) is 5.82 Å². The van der Waals surface area contributed by atoms with Crippen LogP contribution in [0.15, 0.2) is 28.7 Å². The highest BCUT2D eigenvalue weighted by atomic mass is 19.1. The number of carbonyl (C=O) groups is 1. The van der Waals surface area contributed by atoms with Crippen molar-refractivity contribution in [2.75, 3.05) is 13.1 Å². The van der Waals surface area contributed by atoms with Crippen LogP contribution in [0.5, 0.6) is 0 Å². The van der Waals surface area contributed by atoms with Gasteiger partial charge in [-0.05, 0) is 37.1 Å². The molecule has 2 aromatic rings. The van der Waals surface area contributed by atoms with Crippen LogP contribution in [0.2, 0.25) is 0 Å². The molecule has 1 saturated heterocycles. The van der Waals surface area contributed by atoms with E-state index in [4.69, 9.17) is 4.42 Å². The predicted octanol–water partition coefficient (Wildman–Crippen LogP) is 3.24. The summed E-state index contributed by atoms with van der Waals surface area (Å²) in [6.45, 7) is 5.21. The molecule has 0 saturated carbocycles. The highest BCUT2D eigenvalue weighted by molar-refractivity contribution is 5.78. The lowest BCUT2D eigenvalue weighted by molar-refractivity contribution is -0.135. The van der Waals surface area contributed by atoms with Crippen molar-refractivity contribution in [1.29, 1.82) is 0 Å². The minimum Gasteiger partial charge on any atom is -0.420 e. The lowest BCUT2D eigenvalue weighted by Gasteiger charge is -2.32. The summed E-state index contributed by atoms with van der Waals surface area (Å²) in [6.07, 6.45) is 1.85. The van der Waals surface area contributed by atoms with Gasteiger partial charge in [-0.2, -0.15) is 0 Å². The van der Waals surface area contributed by atoms with Crippen molar-refractivity contribution in [2.24, 2.45) is 5.92 Å². The van der Waals surface area contributed by atoms with Crippen LogP contribution in [0.25, 0.3) is 11.5 Å². The summed E-state index contributed by atoms with van der Waals surface area (Å²) in [6, 6.07) is 5.95. The van der Waals surface area contributed by atoms with Gasteiger partial charge in [-0.1, -0.05) is 13.8 Å². The van der Waals surface area contributed by atoms with E-state index in [0.29, 0.717) is 23.9 Å². The van der Waals surface area contributed by atoms with Crippen LogP contribution in [-0.4, -0.2) is 34.1 Å². The average molecular weight is 317 g/mol. The van der Waals surface area contributed by atoms with Gasteiger partial charge in [0.15, 0.2) is 0 Å². The molecule has 0 unspecified atom stereocenters. The molecule has 1 fully saturated rings. The molecule has 1 atom stereocenters. The van der Waals surface area contributed by atoms with E-state index in [-0.39, 0.29) is 23.6 Å². The number of rotatable bonds is 3. The zero-order chi connectivity index (χ0) is 16.4. The van der Waals surface area contributed by atoms with Crippen LogP contribution in [0.1, 0.15) is 38.5 Å². The van der Waals surface area contributed by atoms with Gasteiger partial charge in [0, 0.05) is 24.6 Å². The Morgan fingerprint density at radius 1 is 1.30 bits per heavy atom. The molecule has 0 N–H and O–H groups in total. The molecule has 2 heterocycles. The highest BCUT2D eigenvalue weighted by Gasteiger charge is 2.29. The Labute approximate surface area is 134 Å². The lowest BCUT2D eigenvalue weighted by atomic mass is 9.97. The van der Waals surface area contributed by atoms with Crippen molar-refractivity contribution in [3.8, 4) is 11.5 Å². The van der Waals surface area contributed by atoms with Crippen LogP contribution in [0.3, 0.4) is 0 Å². The summed E-state index contributed by atoms with van der Waals surface area (Å²) in [5, 5.41) is 8.18. The molecule has 5 nitrogen and oxygen atoms in total. The second-order valence-electron chi connectivity index (χ2n) is 6.23. The predicted molar refractivity (Wildman–Crippen MR) is 83.1 cm³/mol. The third-order valence-electron chi connectivity index (χ3n) is 4.11. The van der Waals surface area contributed by atoms with Crippen LogP contribution in [0.4, 0.5) is 4.39 Å². The van der Waals surface area contributed by atoms with E-state index in [1.54, 1.807) is 12.1 Å². The van der Waals surface area contributed by atoms with Crippen molar-refractivity contribution in [2.45, 2.75) is 32.6 Å². The molecule has 0 aliphatic carbocycles. The Hall–Kier alpha value is -2.24. The van der Waals surface area contributed by atoms with Gasteiger partial charge in [-0.3, -0.25) is 4.79 Å². The van der Waals surface area contributed by atoms with E-state index in [2.05, 4.69) is 10.2 Å². The fraction of sp³-hybridized carbons (Fsp3) is 0.471. The molecule has 1 amide bonds. The topological polar surface area (TPSA) is 59.2 Å². The number of aromatic nitrogens is 2. The summed E-state index contributed by atoms with van der Waals surface area (Å²) in [7, 11) is 0. The van der Waals surface area contributed by atoms with Gasteiger partial charge in [0.2, 0.25) is 17.7 Å². The highest BCUT2D eigenvalue weighted by Crippen LogP contribution is 2.29. The van der Waals surface area contributed by atoms with E-state index in [9.17, 15) is 9.18 Å². The van der Waals surface area contributed by atoms with E-state index < -0.39 is 0 Å². The standard InChI is InChI=1S/C17H20FN3O2/c1-11(2)17(22)21-9-3-4-13(10-21)16-20-19-15(23-16)12-5-7-14(18)8-6-12/h5-8,11,13H,3-4,9-10H2,1-2H3/t13-/m1/s1. The number of hydrogen-bond acceptors (Lipinski definition) is 4. The van der Waals surface area contributed by atoms with Crippen LogP contribution >= 0.6 is 0 Å². The number of carbonyl (C=O) groups excluding carboxylic acids is 1. The molecule has 122 valence electrons. The van der Waals surface area contributed by atoms with Gasteiger partial charge in [-0.25, -0.2) is 4.39 Å². The number of nitrogens with zero attached hydrogens (tertiary/aromatic N) is 3. The Balaban J connectivity index is 1.74. The van der Waals surface area contributed by atoms with E-state index in [1.807, 2.05) is 18.7 Å². The van der Waals surface area contributed by atoms with E-state index >= 15 is 0 Å². The van der Waals surface area contributed by atoms with Crippen molar-refractivity contribution in [3.63, 3.8) is 0 Å². The van der Waals surface area contributed by atoms with Gasteiger partial charge in [-0.15, -0.1) is 10.2 Å². The SMILES string of the molecule is CC(C)C(=O)N1CCC[C@@H](c2nnc(-c3ccc(F)cc3)o2)C1. The number of piperidine rings is 1. The van der Waals surface area contributed by atoms with E-state index in [0.717, 1.165) is 19.4 Å². The van der Waals surface area contributed by atoms with Gasteiger partial charge in [0.25, 0.3) is 0 Å². The molecular weight excluding hydrogens is 297 g/mol. The first-order valence-corrected chi connectivity index (χ1v) is 7.92. The smallest absolute Gasteiger partial charge is 0.247 e. The van der Waals surface area contributed by atoms with Crippen LogP contribution in [0, 0.1) is 11.7 Å². The fourth-order valence-corrected chi connectivity index (χ4v) is 2.85. The first-order valence-electron chi connectivity index (χ1n) is 7.92. The molecule has 0 spiro atoms. The third kappa shape index (κ3) is 3.41. The molecule has 6 heteroatoms. The number of halogens is 1. The lowest BCUT2D eigenvalue weighted by Crippen LogP contribution is -2.41. The molecular formula is C17H20FN3O2. The maximum absolute atomic E-state index is 13.0. The minimum atomic E-state index is -0.302. The first kappa shape index (κ1) is 15.6. The molecule has 0 radical (unpaired) electrons. The molecule has 1 aromatic carbocycles. The number of likely N-dealkylation sites (tertiary alicyclic amines) is 1. The zero-order valence-corrected chi connectivity index (χ0v) is 13.3. The Morgan fingerprint density at radius 3 is 2.74 bits per heavy atom. The maximum atomic E-state index is 13.0. The Bertz CT molecular complexity index is 681. The fourth-order valence-electron chi connectivity index (χ4n) is 2.85. The van der Waals surface area contributed by atoms with Gasteiger partial charge in [0.05, 0.1) is 5.92 Å². The average Bonchev–Trinajstić information content (AvgIpc) is 3.05. The summed E-state index contributed by atoms with van der Waals surface area (Å²) in [4.78, 5) is 14.0. The second-order valence-corrected chi connectivity index (χ2v) is 6.23. The summed E-state index contributed by atoms with van der Waals surface area (Å²) < 4.78 is 18.7. The maximum Gasteiger partial charge on any atom is 0.247 e. The van der Waals surface area contributed by atoms with Crippen molar-refractivity contribution in [1.82, 2.24) is 15.1 Å². The summed E-state index contributed by atoms with van der Waals surface area (Å²) >= 11 is 0. The van der Waals surface area contributed by atoms with Gasteiger partial charge < -0.3 is 9.32 Å². The normalized spacial score (nSPS) is 18.4. The quantitative estimate of drug-likeness (QED) is 0.872. The van der Waals surface area contributed by atoms with Crippen LogP contribution < -0.4 is 0 Å². The summed E-state index contributed by atoms with van der Waals surface area (Å²) in [5.74, 6) is 0.842.